The first kappa shape index (κ1) is 16.5. The first-order valence-corrected chi connectivity index (χ1v) is 6.72. The lowest BCUT2D eigenvalue weighted by Crippen LogP contribution is -2.51. The van der Waals surface area contributed by atoms with Gasteiger partial charge in [0, 0.05) is 6.42 Å². The minimum atomic E-state index is -0.964. The fraction of sp³-hybridized carbons (Fsp3) is 0.533. The fourth-order valence-electron chi connectivity index (χ4n) is 1.66. The normalized spacial score (nSPS) is 11.2. The lowest BCUT2D eigenvalue weighted by Gasteiger charge is -2.26. The molecule has 0 spiro atoms. The second-order valence-electron chi connectivity index (χ2n) is 5.14. The van der Waals surface area contributed by atoms with Gasteiger partial charge in [0.2, 0.25) is 5.91 Å². The summed E-state index contributed by atoms with van der Waals surface area (Å²) in [5, 5.41) is 20.8. The largest absolute Gasteiger partial charge is 0.493 e. The number of hydrogen-bond donors (Lipinski definition) is 3. The molecule has 20 heavy (non-hydrogen) atoms. The molecule has 1 aromatic carbocycles. The van der Waals surface area contributed by atoms with E-state index in [9.17, 15) is 4.79 Å². The molecular formula is C15H23NO4. The molecule has 0 saturated heterocycles. The number of nitrogens with one attached hydrogen (secondary N) is 1. The van der Waals surface area contributed by atoms with E-state index in [1.807, 2.05) is 31.2 Å². The number of carbonyl (C=O) groups is 1. The summed E-state index contributed by atoms with van der Waals surface area (Å²) >= 11 is 0. The molecule has 1 rings (SSSR count). The number of amides is 1. The van der Waals surface area contributed by atoms with Gasteiger partial charge in [-0.05, 0) is 31.9 Å². The van der Waals surface area contributed by atoms with Crippen LogP contribution in [0.25, 0.3) is 0 Å². The first-order chi connectivity index (χ1) is 9.50. The van der Waals surface area contributed by atoms with E-state index in [4.69, 9.17) is 14.9 Å². The van der Waals surface area contributed by atoms with E-state index in [0.29, 0.717) is 19.4 Å². The molecule has 0 radical (unpaired) electrons. The van der Waals surface area contributed by atoms with E-state index in [2.05, 4.69) is 5.32 Å². The van der Waals surface area contributed by atoms with Crippen molar-refractivity contribution in [3.05, 3.63) is 29.8 Å². The van der Waals surface area contributed by atoms with E-state index in [1.165, 1.54) is 0 Å². The summed E-state index contributed by atoms with van der Waals surface area (Å²) in [6.45, 7) is 3.42. The summed E-state index contributed by atoms with van der Waals surface area (Å²) < 4.78 is 5.59. The third-order valence-corrected chi connectivity index (χ3v) is 3.04. The molecule has 0 unspecified atom stereocenters. The van der Waals surface area contributed by atoms with Gasteiger partial charge in [0.15, 0.2) is 0 Å². The zero-order chi connectivity index (χ0) is 15.0. The van der Waals surface area contributed by atoms with Gasteiger partial charge in [-0.1, -0.05) is 18.2 Å². The summed E-state index contributed by atoms with van der Waals surface area (Å²) in [6, 6.07) is 7.71. The second-order valence-corrected chi connectivity index (χ2v) is 5.14. The van der Waals surface area contributed by atoms with Crippen molar-refractivity contribution in [1.82, 2.24) is 5.32 Å². The van der Waals surface area contributed by atoms with E-state index in [-0.39, 0.29) is 19.1 Å². The monoisotopic (exact) mass is 281 g/mol. The van der Waals surface area contributed by atoms with Gasteiger partial charge in [-0.15, -0.1) is 0 Å². The number of aryl methyl sites for hydroxylation is 1. The highest BCUT2D eigenvalue weighted by Gasteiger charge is 2.24. The smallest absolute Gasteiger partial charge is 0.220 e. The van der Waals surface area contributed by atoms with Gasteiger partial charge in [0.05, 0.1) is 25.4 Å². The molecule has 0 aliphatic rings. The topological polar surface area (TPSA) is 78.8 Å². The van der Waals surface area contributed by atoms with Crippen LogP contribution in [0.4, 0.5) is 0 Å². The Balaban J connectivity index is 2.28. The number of para-hydroxylation sites is 1. The highest BCUT2D eigenvalue weighted by molar-refractivity contribution is 5.76. The first-order valence-electron chi connectivity index (χ1n) is 6.72. The van der Waals surface area contributed by atoms with Crippen molar-refractivity contribution in [2.24, 2.45) is 0 Å². The third kappa shape index (κ3) is 5.19. The van der Waals surface area contributed by atoms with E-state index in [1.54, 1.807) is 6.92 Å². The molecule has 0 saturated carbocycles. The lowest BCUT2D eigenvalue weighted by atomic mass is 10.1. The average Bonchev–Trinajstić information content (AvgIpc) is 2.45. The predicted molar refractivity (Wildman–Crippen MR) is 76.6 cm³/mol. The van der Waals surface area contributed by atoms with Gasteiger partial charge in [0.1, 0.15) is 5.75 Å². The van der Waals surface area contributed by atoms with Crippen LogP contribution in [0.5, 0.6) is 5.75 Å². The summed E-state index contributed by atoms with van der Waals surface area (Å²) in [4.78, 5) is 11.7. The highest BCUT2D eigenvalue weighted by Crippen LogP contribution is 2.16. The standard InChI is InChI=1S/C15H23NO4/c1-12-6-3-4-7-13(12)20-9-5-8-14(19)16-15(2,10-17)11-18/h3-4,6-7,17-18H,5,8-11H2,1-2H3,(H,16,19). The molecule has 0 heterocycles. The number of aliphatic hydroxyl groups is 2. The van der Waals surface area contributed by atoms with Crippen LogP contribution >= 0.6 is 0 Å². The number of benzene rings is 1. The molecule has 112 valence electrons. The van der Waals surface area contributed by atoms with E-state index < -0.39 is 5.54 Å². The van der Waals surface area contributed by atoms with Crippen molar-refractivity contribution in [2.75, 3.05) is 19.8 Å². The number of rotatable bonds is 8. The molecule has 3 N–H and O–H groups in total. The predicted octanol–water partition coefficient (Wildman–Crippen LogP) is 1.01. The van der Waals surface area contributed by atoms with Crippen LogP contribution in [0.2, 0.25) is 0 Å². The average molecular weight is 281 g/mol. The quantitative estimate of drug-likeness (QED) is 0.621. The van der Waals surface area contributed by atoms with Crippen LogP contribution < -0.4 is 10.1 Å². The maximum atomic E-state index is 11.7. The zero-order valence-corrected chi connectivity index (χ0v) is 12.1. The summed E-state index contributed by atoms with van der Waals surface area (Å²) in [5.74, 6) is 0.618. The van der Waals surface area contributed by atoms with Crippen molar-refractivity contribution >= 4 is 5.91 Å². The van der Waals surface area contributed by atoms with Crippen LogP contribution in [0, 0.1) is 6.92 Å². The fourth-order valence-corrected chi connectivity index (χ4v) is 1.66. The van der Waals surface area contributed by atoms with Gasteiger partial charge in [-0.3, -0.25) is 4.79 Å². The molecule has 0 aliphatic heterocycles. The summed E-state index contributed by atoms with van der Waals surface area (Å²) in [6.07, 6.45) is 0.870. The molecule has 0 bridgehead atoms. The van der Waals surface area contributed by atoms with Crippen molar-refractivity contribution < 1.29 is 19.7 Å². The molecule has 5 heteroatoms. The Morgan fingerprint density at radius 3 is 2.55 bits per heavy atom. The van der Waals surface area contributed by atoms with Crippen LogP contribution in [0.1, 0.15) is 25.3 Å². The highest BCUT2D eigenvalue weighted by atomic mass is 16.5. The molecule has 0 atom stereocenters. The van der Waals surface area contributed by atoms with Gasteiger partial charge in [-0.25, -0.2) is 0 Å². The van der Waals surface area contributed by atoms with Crippen molar-refractivity contribution in [3.8, 4) is 5.75 Å². The van der Waals surface area contributed by atoms with Crippen LogP contribution in [-0.2, 0) is 4.79 Å². The minimum absolute atomic E-state index is 0.205. The number of aliphatic hydroxyl groups excluding tert-OH is 2. The van der Waals surface area contributed by atoms with Crippen LogP contribution in [0.15, 0.2) is 24.3 Å². The molecule has 0 fully saturated rings. The van der Waals surface area contributed by atoms with Crippen molar-refractivity contribution in [3.63, 3.8) is 0 Å². The Kier molecular flexibility index (Phi) is 6.48. The Labute approximate surface area is 119 Å². The SMILES string of the molecule is Cc1ccccc1OCCCC(=O)NC(C)(CO)CO. The van der Waals surface area contributed by atoms with E-state index in [0.717, 1.165) is 11.3 Å². The van der Waals surface area contributed by atoms with Gasteiger partial charge in [-0.2, -0.15) is 0 Å². The Morgan fingerprint density at radius 1 is 1.30 bits per heavy atom. The Morgan fingerprint density at radius 2 is 1.95 bits per heavy atom. The maximum absolute atomic E-state index is 11.7. The molecule has 0 aromatic heterocycles. The summed E-state index contributed by atoms with van der Waals surface area (Å²) in [5.41, 5.74) is 0.0959. The van der Waals surface area contributed by atoms with Gasteiger partial charge in [0.25, 0.3) is 0 Å². The van der Waals surface area contributed by atoms with Crippen LogP contribution in [0.3, 0.4) is 0 Å². The number of hydrogen-bond acceptors (Lipinski definition) is 4. The summed E-state index contributed by atoms with van der Waals surface area (Å²) in [7, 11) is 0. The molecule has 5 nitrogen and oxygen atoms in total. The van der Waals surface area contributed by atoms with Crippen molar-refractivity contribution in [1.29, 1.82) is 0 Å². The molecule has 1 amide bonds. The maximum Gasteiger partial charge on any atom is 0.220 e. The molecule has 0 aliphatic carbocycles. The van der Waals surface area contributed by atoms with Crippen LogP contribution in [-0.4, -0.2) is 41.5 Å². The van der Waals surface area contributed by atoms with Gasteiger partial charge < -0.3 is 20.3 Å². The van der Waals surface area contributed by atoms with Crippen molar-refractivity contribution in [2.45, 2.75) is 32.2 Å². The third-order valence-electron chi connectivity index (χ3n) is 3.04. The second kappa shape index (κ2) is 7.87. The lowest BCUT2D eigenvalue weighted by molar-refractivity contribution is -0.124. The minimum Gasteiger partial charge on any atom is -0.493 e. The van der Waals surface area contributed by atoms with E-state index >= 15 is 0 Å². The number of carbonyl (C=O) groups excluding carboxylic acids is 1. The zero-order valence-electron chi connectivity index (χ0n) is 12.1. The molecule has 1 aromatic rings. The number of ether oxygens (including phenoxy) is 1. The van der Waals surface area contributed by atoms with Gasteiger partial charge >= 0.3 is 0 Å². The Bertz CT molecular complexity index is 430. The molecular weight excluding hydrogens is 258 g/mol. The Hall–Kier alpha value is -1.59.